The third-order valence-electron chi connectivity index (χ3n) is 3.61. The number of piperidine rings is 1. The standard InChI is InChI=1S/C10H16N4O9S2.Na/c1-22-8(15)5-24(17,18)12-9(11)7-3-2-6-4-13(7)10(16)14(6)23-25(19,20)21;/h6-7H,2-5H2,1H3,(H2,11,12)(H,19,20,21);/q;+1/p-1/t6-,7+;/m1./s1. The van der Waals surface area contributed by atoms with E-state index in [1.165, 1.54) is 0 Å². The number of sulfonamides is 1. The second-order valence-electron chi connectivity index (χ2n) is 5.31. The summed E-state index contributed by atoms with van der Waals surface area (Å²) in [7, 11) is -8.39. The topological polar surface area (TPSA) is 189 Å². The molecule has 2 saturated heterocycles. The van der Waals surface area contributed by atoms with E-state index in [0.29, 0.717) is 5.06 Å². The van der Waals surface area contributed by atoms with E-state index in [1.807, 2.05) is 0 Å². The van der Waals surface area contributed by atoms with Crippen molar-refractivity contribution >= 4 is 38.3 Å². The number of esters is 1. The molecular weight excluding hydrogens is 407 g/mol. The molecule has 0 aromatic rings. The van der Waals surface area contributed by atoms with Crippen molar-refractivity contribution in [3.05, 3.63) is 0 Å². The number of hydroxylamine groups is 2. The van der Waals surface area contributed by atoms with Crippen LogP contribution in [0.25, 0.3) is 0 Å². The van der Waals surface area contributed by atoms with Gasteiger partial charge in [-0.25, -0.2) is 21.6 Å². The first-order valence-electron chi connectivity index (χ1n) is 6.83. The minimum atomic E-state index is -5.14. The Bertz CT molecular complexity index is 812. The molecule has 0 unspecified atom stereocenters. The largest absolute Gasteiger partial charge is 1.00 e. The van der Waals surface area contributed by atoms with Crippen molar-refractivity contribution in [3.8, 4) is 0 Å². The molecule has 2 atom stereocenters. The van der Waals surface area contributed by atoms with Gasteiger partial charge in [0.15, 0.2) is 5.75 Å². The molecule has 26 heavy (non-hydrogen) atoms. The number of urea groups is 1. The fraction of sp³-hybridized carbons (Fsp3) is 0.700. The normalized spacial score (nSPS) is 23.6. The van der Waals surface area contributed by atoms with E-state index in [1.54, 1.807) is 0 Å². The summed E-state index contributed by atoms with van der Waals surface area (Å²) in [6.07, 6.45) is 0.369. The predicted molar refractivity (Wildman–Crippen MR) is 79.0 cm³/mol. The van der Waals surface area contributed by atoms with Crippen molar-refractivity contribution in [2.45, 2.75) is 24.9 Å². The summed E-state index contributed by atoms with van der Waals surface area (Å²) in [5.41, 5.74) is 5.66. The van der Waals surface area contributed by atoms with Crippen molar-refractivity contribution in [3.63, 3.8) is 0 Å². The fourth-order valence-corrected chi connectivity index (χ4v) is 3.90. The molecule has 16 heteroatoms. The molecule has 2 amide bonds. The van der Waals surface area contributed by atoms with Crippen LogP contribution in [0.2, 0.25) is 0 Å². The van der Waals surface area contributed by atoms with Gasteiger partial charge in [-0.2, -0.15) is 9.35 Å². The van der Waals surface area contributed by atoms with Crippen LogP contribution < -0.4 is 35.3 Å². The zero-order valence-electron chi connectivity index (χ0n) is 13.9. The van der Waals surface area contributed by atoms with E-state index in [2.05, 4.69) is 13.4 Å². The van der Waals surface area contributed by atoms with Gasteiger partial charge in [-0.3, -0.25) is 4.79 Å². The van der Waals surface area contributed by atoms with Crippen LogP contribution >= 0.6 is 0 Å². The van der Waals surface area contributed by atoms with Crippen molar-refractivity contribution in [2.75, 3.05) is 19.4 Å². The molecule has 2 rings (SSSR count). The molecule has 2 aliphatic heterocycles. The molecule has 0 aromatic heterocycles. The molecule has 2 fully saturated rings. The van der Waals surface area contributed by atoms with Crippen molar-refractivity contribution in [1.82, 2.24) is 9.96 Å². The first kappa shape index (κ1) is 23.1. The van der Waals surface area contributed by atoms with E-state index in [4.69, 9.17) is 5.73 Å². The maximum Gasteiger partial charge on any atom is 1.00 e. The van der Waals surface area contributed by atoms with Gasteiger partial charge in [0.1, 0.15) is 5.84 Å². The number of hydrogen-bond acceptors (Lipinski definition) is 9. The summed E-state index contributed by atoms with van der Waals surface area (Å²) < 4.78 is 67.3. The second kappa shape index (κ2) is 8.37. The van der Waals surface area contributed by atoms with Gasteiger partial charge in [0.2, 0.25) is 10.4 Å². The summed E-state index contributed by atoms with van der Waals surface area (Å²) in [5, 5.41) is 0.429. The molecule has 2 N–H and O–H groups in total. The number of methoxy groups -OCH3 is 1. The quantitative estimate of drug-likeness (QED) is 0.108. The number of fused-ring (bicyclic) bond motifs is 2. The van der Waals surface area contributed by atoms with E-state index in [0.717, 1.165) is 12.0 Å². The van der Waals surface area contributed by atoms with Crippen LogP contribution in [0.4, 0.5) is 4.79 Å². The van der Waals surface area contributed by atoms with Crippen LogP contribution in [0.15, 0.2) is 4.40 Å². The number of nitrogens with zero attached hydrogens (tertiary/aromatic N) is 3. The summed E-state index contributed by atoms with van der Waals surface area (Å²) in [5.74, 6) is -2.49. The maximum atomic E-state index is 12.2. The number of amidine groups is 1. The molecule has 2 aliphatic rings. The molecular formula is C10H15N4NaO9S2. The van der Waals surface area contributed by atoms with Crippen LogP contribution in [0, 0.1) is 0 Å². The van der Waals surface area contributed by atoms with Gasteiger partial charge < -0.3 is 19.9 Å². The van der Waals surface area contributed by atoms with E-state index >= 15 is 0 Å². The Morgan fingerprint density at radius 3 is 2.50 bits per heavy atom. The number of rotatable bonds is 6. The smallest absolute Gasteiger partial charge is 0.724 e. The van der Waals surface area contributed by atoms with Gasteiger partial charge in [-0.05, 0) is 12.8 Å². The van der Waals surface area contributed by atoms with Crippen LogP contribution in [-0.4, -0.2) is 80.7 Å². The van der Waals surface area contributed by atoms with Gasteiger partial charge in [-0.1, -0.05) is 0 Å². The van der Waals surface area contributed by atoms with Crippen LogP contribution in [-0.2, 0) is 34.2 Å². The summed E-state index contributed by atoms with van der Waals surface area (Å²) in [6.45, 7) is -0.0215. The van der Waals surface area contributed by atoms with Crippen LogP contribution in [0.5, 0.6) is 0 Å². The average Bonchev–Trinajstić information content (AvgIpc) is 2.69. The number of carbonyl (C=O) groups is 2. The molecule has 0 radical (unpaired) electrons. The van der Waals surface area contributed by atoms with E-state index < -0.39 is 56.1 Å². The van der Waals surface area contributed by atoms with Crippen molar-refractivity contribution in [1.29, 1.82) is 0 Å². The zero-order chi connectivity index (χ0) is 19.0. The third kappa shape index (κ3) is 5.51. The predicted octanol–water partition coefficient (Wildman–Crippen LogP) is -5.49. The van der Waals surface area contributed by atoms with Crippen LogP contribution in [0.1, 0.15) is 12.8 Å². The molecule has 13 nitrogen and oxygen atoms in total. The van der Waals surface area contributed by atoms with Gasteiger partial charge in [0.25, 0.3) is 10.0 Å². The molecule has 2 bridgehead atoms. The Balaban J connectivity index is 0.00000338. The maximum absolute atomic E-state index is 12.2. The number of ether oxygens (including phenoxy) is 1. The van der Waals surface area contributed by atoms with Crippen molar-refractivity contribution in [2.24, 2.45) is 10.1 Å². The summed E-state index contributed by atoms with van der Waals surface area (Å²) in [4.78, 5) is 24.3. The summed E-state index contributed by atoms with van der Waals surface area (Å²) in [6, 6.07) is -2.58. The molecule has 2 heterocycles. The van der Waals surface area contributed by atoms with Crippen molar-refractivity contribution < 1.29 is 69.6 Å². The first-order valence-corrected chi connectivity index (χ1v) is 9.78. The van der Waals surface area contributed by atoms with E-state index in [9.17, 15) is 31.0 Å². The number of carbonyl (C=O) groups excluding carboxylic acids is 2. The Labute approximate surface area is 171 Å². The monoisotopic (exact) mass is 422 g/mol. The molecule has 0 saturated carbocycles. The second-order valence-corrected chi connectivity index (χ2v) is 7.91. The zero-order valence-corrected chi connectivity index (χ0v) is 17.5. The third-order valence-corrected chi connectivity index (χ3v) is 5.04. The van der Waals surface area contributed by atoms with Gasteiger partial charge >= 0.3 is 41.6 Å². The Kier molecular flexibility index (Phi) is 7.42. The number of hydrogen-bond donors (Lipinski definition) is 1. The fourth-order valence-electron chi connectivity index (χ4n) is 2.60. The van der Waals surface area contributed by atoms with E-state index in [-0.39, 0.29) is 48.9 Å². The molecule has 142 valence electrons. The average molecular weight is 422 g/mol. The van der Waals surface area contributed by atoms with Gasteiger partial charge in [0.05, 0.1) is 19.2 Å². The Morgan fingerprint density at radius 2 is 1.96 bits per heavy atom. The minimum Gasteiger partial charge on any atom is -0.724 e. The first-order chi connectivity index (χ1) is 11.4. The van der Waals surface area contributed by atoms with Crippen LogP contribution in [0.3, 0.4) is 0 Å². The number of nitrogens with two attached hydrogens (primary N) is 1. The Morgan fingerprint density at radius 1 is 1.35 bits per heavy atom. The molecule has 0 aromatic carbocycles. The SMILES string of the molecule is COC(=O)CS(=O)(=O)N=C(N)[C@@H]1CC[C@@H]2CN1C(=O)N2OS(=O)(=O)[O-].[Na+]. The van der Waals surface area contributed by atoms with Gasteiger partial charge in [-0.15, -0.1) is 4.40 Å². The number of amides is 2. The summed E-state index contributed by atoms with van der Waals surface area (Å²) >= 11 is 0. The van der Waals surface area contributed by atoms with Gasteiger partial charge in [0, 0.05) is 6.54 Å². The minimum absolute atomic E-state index is 0. The Hall–Kier alpha value is -0.970. The molecule has 0 spiro atoms. The molecule has 0 aliphatic carbocycles.